The standard InChI is InChI=1S/C25H40Cl2F2N6O3S/c1-11-3-13(14-5-20(27)31-8-18(14)38-2)16(7-30-11)23(36)34-25-33-17-9-35(10-19(17)39-25)24(37)21-15(22(28)29)4-12(26)6-32-21/h11-22,25,30-33H,3-10H2,1-2H3,(H,34,36). The van der Waals surface area contributed by atoms with Gasteiger partial charge in [0.15, 0.2) is 0 Å². The van der Waals surface area contributed by atoms with Crippen molar-refractivity contribution in [3.8, 4) is 0 Å². The summed E-state index contributed by atoms with van der Waals surface area (Å²) in [4.78, 5) is 28.4. The van der Waals surface area contributed by atoms with Crippen LogP contribution >= 0.6 is 35.0 Å². The highest BCUT2D eigenvalue weighted by Crippen LogP contribution is 2.39. The van der Waals surface area contributed by atoms with E-state index in [2.05, 4.69) is 33.5 Å². The van der Waals surface area contributed by atoms with Gasteiger partial charge in [-0.25, -0.2) is 8.78 Å². The number of ether oxygens (including phenoxy) is 1. The second kappa shape index (κ2) is 12.8. The molecule has 14 heteroatoms. The fourth-order valence-corrected chi connectivity index (χ4v) is 9.08. The van der Waals surface area contributed by atoms with Crippen LogP contribution in [0.5, 0.6) is 0 Å². The molecule has 2 amide bonds. The van der Waals surface area contributed by atoms with Gasteiger partial charge in [0.2, 0.25) is 18.2 Å². The average Bonchev–Trinajstić information content (AvgIpc) is 3.47. The van der Waals surface area contributed by atoms with E-state index < -0.39 is 23.8 Å². The van der Waals surface area contributed by atoms with Crippen LogP contribution in [0, 0.1) is 23.7 Å². The van der Waals surface area contributed by atoms with Crippen molar-refractivity contribution in [2.24, 2.45) is 23.7 Å². The fourth-order valence-electron chi connectivity index (χ4n) is 7.08. The molecule has 0 aromatic rings. The van der Waals surface area contributed by atoms with Crippen molar-refractivity contribution in [3.05, 3.63) is 0 Å². The van der Waals surface area contributed by atoms with E-state index in [1.807, 2.05) is 0 Å². The van der Waals surface area contributed by atoms with Gasteiger partial charge in [0.05, 0.1) is 23.6 Å². The van der Waals surface area contributed by atoms with Gasteiger partial charge in [-0.05, 0) is 38.0 Å². The first-order valence-electron chi connectivity index (χ1n) is 13.9. The molecule has 5 heterocycles. The van der Waals surface area contributed by atoms with Crippen LogP contribution in [-0.2, 0) is 14.3 Å². The Balaban J connectivity index is 1.16. The van der Waals surface area contributed by atoms with Crippen LogP contribution < -0.4 is 26.6 Å². The summed E-state index contributed by atoms with van der Waals surface area (Å²) in [5, 5.41) is 16.0. The lowest BCUT2D eigenvalue weighted by Crippen LogP contribution is -2.58. The molecule has 5 aliphatic rings. The smallest absolute Gasteiger partial charge is 0.243 e. The number of methoxy groups -OCH3 is 1. The zero-order valence-electron chi connectivity index (χ0n) is 22.3. The summed E-state index contributed by atoms with van der Waals surface area (Å²) >= 11 is 14.1. The minimum Gasteiger partial charge on any atom is -0.380 e. The summed E-state index contributed by atoms with van der Waals surface area (Å²) in [5.41, 5.74) is -0.404. The van der Waals surface area contributed by atoms with Crippen molar-refractivity contribution in [2.45, 2.75) is 78.5 Å². The van der Waals surface area contributed by atoms with E-state index in [4.69, 9.17) is 27.9 Å². The van der Waals surface area contributed by atoms with E-state index in [0.717, 1.165) is 12.8 Å². The van der Waals surface area contributed by atoms with Gasteiger partial charge in [0, 0.05) is 68.5 Å². The molecule has 5 aliphatic heterocycles. The first-order chi connectivity index (χ1) is 18.6. The van der Waals surface area contributed by atoms with E-state index in [9.17, 15) is 18.4 Å². The molecule has 39 heavy (non-hydrogen) atoms. The Kier molecular flexibility index (Phi) is 9.85. The number of carbonyl (C=O) groups is 2. The number of fused-ring (bicyclic) bond motifs is 1. The Bertz CT molecular complexity index is 885. The Hall–Kier alpha value is -0.470. The average molecular weight is 614 g/mol. The molecule has 5 N–H and O–H groups in total. The molecule has 0 aromatic carbocycles. The van der Waals surface area contributed by atoms with Crippen LogP contribution in [-0.4, -0.2) is 109 Å². The number of likely N-dealkylation sites (tertiary alicyclic amines) is 1. The van der Waals surface area contributed by atoms with E-state index in [0.29, 0.717) is 38.8 Å². The monoisotopic (exact) mass is 612 g/mol. The van der Waals surface area contributed by atoms with E-state index in [-0.39, 0.29) is 64.4 Å². The first-order valence-corrected chi connectivity index (χ1v) is 15.8. The van der Waals surface area contributed by atoms with Gasteiger partial charge in [-0.15, -0.1) is 35.0 Å². The Labute approximate surface area is 242 Å². The van der Waals surface area contributed by atoms with E-state index in [1.165, 1.54) is 0 Å². The van der Waals surface area contributed by atoms with Crippen molar-refractivity contribution >= 4 is 46.8 Å². The summed E-state index contributed by atoms with van der Waals surface area (Å²) in [5.74, 6) is -1.26. The summed E-state index contributed by atoms with van der Waals surface area (Å²) in [6.45, 7) is 4.63. The van der Waals surface area contributed by atoms with Crippen molar-refractivity contribution < 1.29 is 23.1 Å². The predicted molar refractivity (Wildman–Crippen MR) is 148 cm³/mol. The normalized spacial score (nSPS) is 44.8. The van der Waals surface area contributed by atoms with Gasteiger partial charge in [-0.1, -0.05) is 0 Å². The predicted octanol–water partition coefficient (Wildman–Crippen LogP) is 0.956. The number of nitrogens with zero attached hydrogens (tertiary/aromatic N) is 1. The van der Waals surface area contributed by atoms with Gasteiger partial charge in [-0.2, -0.15) is 0 Å². The van der Waals surface area contributed by atoms with Crippen LogP contribution in [0.3, 0.4) is 0 Å². The molecule has 222 valence electrons. The molecule has 0 aliphatic carbocycles. The van der Waals surface area contributed by atoms with E-state index in [1.54, 1.807) is 23.8 Å². The summed E-state index contributed by atoms with van der Waals surface area (Å²) in [7, 11) is 1.71. The summed E-state index contributed by atoms with van der Waals surface area (Å²) in [6, 6.07) is -0.630. The number of alkyl halides is 4. The molecular formula is C25H40Cl2F2N6O3S. The lowest BCUT2D eigenvalue weighted by atomic mass is 9.70. The molecule has 0 aromatic heterocycles. The fraction of sp³-hybridized carbons (Fsp3) is 0.920. The minimum absolute atomic E-state index is 0.00127. The largest absolute Gasteiger partial charge is 0.380 e. The molecule has 5 rings (SSSR count). The lowest BCUT2D eigenvalue weighted by Gasteiger charge is -2.45. The Morgan fingerprint density at radius 3 is 2.56 bits per heavy atom. The van der Waals surface area contributed by atoms with Gasteiger partial charge >= 0.3 is 0 Å². The summed E-state index contributed by atoms with van der Waals surface area (Å²) in [6.07, 6.45) is -0.860. The minimum atomic E-state index is -2.61. The third-order valence-corrected chi connectivity index (χ3v) is 11.2. The number of carbonyl (C=O) groups excluding carboxylic acids is 2. The highest BCUT2D eigenvalue weighted by Gasteiger charge is 2.49. The molecule has 9 nitrogen and oxygen atoms in total. The third-order valence-electron chi connectivity index (χ3n) is 9.15. The van der Waals surface area contributed by atoms with Gasteiger partial charge in [-0.3, -0.25) is 20.2 Å². The molecule has 0 bridgehead atoms. The van der Waals surface area contributed by atoms with Crippen LogP contribution in [0.1, 0.15) is 26.2 Å². The van der Waals surface area contributed by atoms with E-state index >= 15 is 0 Å². The number of amides is 2. The molecule has 5 fully saturated rings. The van der Waals surface area contributed by atoms with Crippen molar-refractivity contribution in [1.29, 1.82) is 0 Å². The maximum atomic E-state index is 13.6. The Morgan fingerprint density at radius 1 is 1.05 bits per heavy atom. The van der Waals surface area contributed by atoms with Crippen LogP contribution in [0.4, 0.5) is 8.78 Å². The quantitative estimate of drug-likeness (QED) is 0.223. The highest BCUT2D eigenvalue weighted by molar-refractivity contribution is 8.00. The van der Waals surface area contributed by atoms with Crippen LogP contribution in [0.25, 0.3) is 0 Å². The van der Waals surface area contributed by atoms with Crippen LogP contribution in [0.15, 0.2) is 0 Å². The van der Waals surface area contributed by atoms with Gasteiger partial charge in [0.25, 0.3) is 0 Å². The van der Waals surface area contributed by atoms with Crippen molar-refractivity contribution in [3.63, 3.8) is 0 Å². The second-order valence-corrected chi connectivity index (χ2v) is 14.2. The first kappa shape index (κ1) is 30.0. The number of hydrogen-bond acceptors (Lipinski definition) is 8. The number of thioether (sulfide) groups is 1. The van der Waals surface area contributed by atoms with Crippen molar-refractivity contribution in [1.82, 2.24) is 31.5 Å². The van der Waals surface area contributed by atoms with Crippen molar-refractivity contribution in [2.75, 3.05) is 39.8 Å². The number of hydrogen-bond donors (Lipinski definition) is 5. The summed E-state index contributed by atoms with van der Waals surface area (Å²) < 4.78 is 33.0. The van der Waals surface area contributed by atoms with Gasteiger partial charge in [0.1, 0.15) is 5.50 Å². The second-order valence-electron chi connectivity index (χ2n) is 11.7. The van der Waals surface area contributed by atoms with Crippen LogP contribution in [0.2, 0.25) is 0 Å². The molecule has 12 unspecified atom stereocenters. The molecule has 0 spiro atoms. The number of rotatable bonds is 6. The zero-order chi connectivity index (χ0) is 27.8. The number of halogens is 4. The zero-order valence-corrected chi connectivity index (χ0v) is 24.6. The lowest BCUT2D eigenvalue weighted by molar-refractivity contribution is -0.137. The Morgan fingerprint density at radius 2 is 1.85 bits per heavy atom. The van der Waals surface area contributed by atoms with Gasteiger partial charge < -0.3 is 25.6 Å². The SMILES string of the molecule is COC1CNC(Cl)CC1C1CC(C)NCC1C(=O)NC1NC2CN(C(=O)C3NCC(Cl)CC3C(F)F)CC2S1. The highest BCUT2D eigenvalue weighted by atomic mass is 35.5. The topological polar surface area (TPSA) is 107 Å². The third kappa shape index (κ3) is 6.63. The molecule has 12 atom stereocenters. The molecule has 0 radical (unpaired) electrons. The maximum Gasteiger partial charge on any atom is 0.243 e. The molecule has 5 saturated heterocycles. The maximum absolute atomic E-state index is 13.6. The molecule has 0 saturated carbocycles. The number of nitrogens with one attached hydrogen (secondary N) is 5. The number of piperidine rings is 3. The molecular weight excluding hydrogens is 573 g/mol.